The lowest BCUT2D eigenvalue weighted by Crippen LogP contribution is -2.46. The molecule has 2 fully saturated rings. The van der Waals surface area contributed by atoms with Gasteiger partial charge in [-0.25, -0.2) is 0 Å². The molecular weight excluding hydrogens is 280 g/mol. The molecule has 0 N–H and O–H groups in total. The first-order chi connectivity index (χ1) is 9.36. The van der Waals surface area contributed by atoms with E-state index in [4.69, 9.17) is 4.74 Å². The number of hydrogen-bond donors (Lipinski definition) is 0. The van der Waals surface area contributed by atoms with Crippen LogP contribution in [0.2, 0.25) is 0 Å². The van der Waals surface area contributed by atoms with E-state index < -0.39 is 10.2 Å². The van der Waals surface area contributed by atoms with Crippen molar-refractivity contribution >= 4 is 16.2 Å². The molecule has 2 aliphatic heterocycles. The average Bonchev–Trinajstić information content (AvgIpc) is 2.81. The molecule has 0 aliphatic carbocycles. The van der Waals surface area contributed by atoms with Crippen molar-refractivity contribution < 1.29 is 17.9 Å². The Balaban J connectivity index is 2.06. The number of carbonyl (C=O) groups is 1. The summed E-state index contributed by atoms with van der Waals surface area (Å²) in [7, 11) is -2.09. The molecule has 2 saturated heterocycles. The summed E-state index contributed by atoms with van der Waals surface area (Å²) in [6, 6.07) is 0. The number of carbonyl (C=O) groups excluding carboxylic acids is 1. The summed E-state index contributed by atoms with van der Waals surface area (Å²) in [6.45, 7) is 5.84. The zero-order valence-corrected chi connectivity index (χ0v) is 13.2. The summed E-state index contributed by atoms with van der Waals surface area (Å²) in [5.41, 5.74) is 0. The van der Waals surface area contributed by atoms with Crippen LogP contribution in [0.5, 0.6) is 0 Å². The molecule has 7 heteroatoms. The number of nitrogens with zero attached hydrogens (tertiary/aromatic N) is 2. The van der Waals surface area contributed by atoms with Crippen LogP contribution in [0.25, 0.3) is 0 Å². The third-order valence-corrected chi connectivity index (χ3v) is 6.45. The van der Waals surface area contributed by atoms with Crippen LogP contribution in [0, 0.1) is 17.8 Å². The first-order valence-electron chi connectivity index (χ1n) is 7.19. The Morgan fingerprint density at radius 3 is 2.25 bits per heavy atom. The summed E-state index contributed by atoms with van der Waals surface area (Å²) in [6.07, 6.45) is 1.81. The highest BCUT2D eigenvalue weighted by atomic mass is 32.2. The van der Waals surface area contributed by atoms with Crippen LogP contribution in [-0.4, -0.2) is 56.3 Å². The minimum Gasteiger partial charge on any atom is -0.469 e. The molecule has 0 aromatic carbocycles. The second-order valence-corrected chi connectivity index (χ2v) is 7.94. The van der Waals surface area contributed by atoms with Gasteiger partial charge < -0.3 is 4.74 Å². The van der Waals surface area contributed by atoms with E-state index in [0.717, 1.165) is 12.8 Å². The molecule has 0 radical (unpaired) electrons. The van der Waals surface area contributed by atoms with Crippen molar-refractivity contribution in [2.45, 2.75) is 26.7 Å². The lowest BCUT2D eigenvalue weighted by atomic mass is 9.99. The molecule has 2 aliphatic rings. The number of hydrogen-bond acceptors (Lipinski definition) is 4. The summed E-state index contributed by atoms with van der Waals surface area (Å²) in [5, 5.41) is 0. The fourth-order valence-corrected chi connectivity index (χ4v) is 4.72. The quantitative estimate of drug-likeness (QED) is 0.720. The zero-order chi connectivity index (χ0) is 14.9. The fourth-order valence-electron chi connectivity index (χ4n) is 2.95. The van der Waals surface area contributed by atoms with Crippen LogP contribution in [0.4, 0.5) is 0 Å². The maximum absolute atomic E-state index is 12.6. The van der Waals surface area contributed by atoms with Gasteiger partial charge in [-0.05, 0) is 24.7 Å². The Morgan fingerprint density at radius 2 is 1.70 bits per heavy atom. The van der Waals surface area contributed by atoms with Crippen molar-refractivity contribution in [2.24, 2.45) is 17.8 Å². The van der Waals surface area contributed by atoms with Gasteiger partial charge in [0.15, 0.2) is 0 Å². The molecule has 0 amide bonds. The van der Waals surface area contributed by atoms with Crippen LogP contribution in [0.1, 0.15) is 26.7 Å². The number of rotatable bonds is 3. The average molecular weight is 304 g/mol. The van der Waals surface area contributed by atoms with E-state index in [0.29, 0.717) is 25.6 Å². The molecular formula is C13H24N2O4S. The largest absolute Gasteiger partial charge is 0.469 e. The Labute approximate surface area is 121 Å². The summed E-state index contributed by atoms with van der Waals surface area (Å²) in [5.74, 6) is -0.0799. The predicted molar refractivity (Wildman–Crippen MR) is 75.1 cm³/mol. The van der Waals surface area contributed by atoms with E-state index in [2.05, 4.69) is 6.92 Å². The van der Waals surface area contributed by atoms with Gasteiger partial charge in [-0.15, -0.1) is 0 Å². The van der Waals surface area contributed by atoms with E-state index in [1.165, 1.54) is 11.4 Å². The monoisotopic (exact) mass is 304 g/mol. The molecule has 20 heavy (non-hydrogen) atoms. The van der Waals surface area contributed by atoms with Gasteiger partial charge in [-0.3, -0.25) is 4.79 Å². The molecule has 0 aromatic heterocycles. The Bertz CT molecular complexity index is 457. The Hall–Kier alpha value is -0.660. The molecule has 6 nitrogen and oxygen atoms in total. The molecule has 116 valence electrons. The molecule has 0 spiro atoms. The van der Waals surface area contributed by atoms with Crippen LogP contribution in [0.15, 0.2) is 0 Å². The van der Waals surface area contributed by atoms with Gasteiger partial charge in [0.1, 0.15) is 0 Å². The highest BCUT2D eigenvalue weighted by molar-refractivity contribution is 7.86. The first-order valence-corrected chi connectivity index (χ1v) is 8.59. The van der Waals surface area contributed by atoms with Gasteiger partial charge in [0.2, 0.25) is 0 Å². The molecule has 2 atom stereocenters. The molecule has 0 aromatic rings. The summed E-state index contributed by atoms with van der Waals surface area (Å²) < 4.78 is 32.9. The van der Waals surface area contributed by atoms with Gasteiger partial charge in [0, 0.05) is 26.2 Å². The summed E-state index contributed by atoms with van der Waals surface area (Å²) in [4.78, 5) is 11.7. The van der Waals surface area contributed by atoms with Crippen molar-refractivity contribution in [3.63, 3.8) is 0 Å². The molecule has 0 saturated carbocycles. The summed E-state index contributed by atoms with van der Waals surface area (Å²) >= 11 is 0. The third kappa shape index (κ3) is 2.99. The van der Waals surface area contributed by atoms with E-state index >= 15 is 0 Å². The van der Waals surface area contributed by atoms with Crippen molar-refractivity contribution in [3.05, 3.63) is 0 Å². The van der Waals surface area contributed by atoms with E-state index in [1.54, 1.807) is 4.31 Å². The lowest BCUT2D eigenvalue weighted by molar-refractivity contribution is -0.145. The van der Waals surface area contributed by atoms with Gasteiger partial charge in [0.25, 0.3) is 10.2 Å². The number of methoxy groups -OCH3 is 1. The topological polar surface area (TPSA) is 66.9 Å². The minimum absolute atomic E-state index is 0.000870. The van der Waals surface area contributed by atoms with Crippen molar-refractivity contribution in [3.8, 4) is 0 Å². The second-order valence-electron chi connectivity index (χ2n) is 6.01. The van der Waals surface area contributed by atoms with Crippen molar-refractivity contribution in [2.75, 3.05) is 33.3 Å². The molecule has 2 unspecified atom stereocenters. The second kappa shape index (κ2) is 5.99. The first kappa shape index (κ1) is 15.7. The maximum Gasteiger partial charge on any atom is 0.310 e. The van der Waals surface area contributed by atoms with Crippen LogP contribution >= 0.6 is 0 Å². The standard InChI is InChI=1S/C13H24N2O4S/c1-10-4-6-14(7-5-10)20(17,18)15-8-11(2)12(9-15)13(16)19-3/h10-12H,4-9H2,1-3H3. The number of ether oxygens (including phenoxy) is 1. The van der Waals surface area contributed by atoms with Gasteiger partial charge in [0.05, 0.1) is 13.0 Å². The van der Waals surface area contributed by atoms with Crippen LogP contribution in [0.3, 0.4) is 0 Å². The molecule has 0 bridgehead atoms. The maximum atomic E-state index is 12.6. The van der Waals surface area contributed by atoms with E-state index in [1.807, 2.05) is 6.92 Å². The fraction of sp³-hybridized carbons (Fsp3) is 0.923. The number of piperidine rings is 1. The number of esters is 1. The van der Waals surface area contributed by atoms with Gasteiger partial charge >= 0.3 is 5.97 Å². The molecule has 2 heterocycles. The highest BCUT2D eigenvalue weighted by Gasteiger charge is 2.43. The highest BCUT2D eigenvalue weighted by Crippen LogP contribution is 2.29. The van der Waals surface area contributed by atoms with Crippen LogP contribution in [-0.2, 0) is 19.7 Å². The molecule has 2 rings (SSSR count). The lowest BCUT2D eigenvalue weighted by Gasteiger charge is -2.32. The Kier molecular flexibility index (Phi) is 4.71. The predicted octanol–water partition coefficient (Wildman–Crippen LogP) is 0.704. The zero-order valence-electron chi connectivity index (χ0n) is 12.4. The van der Waals surface area contributed by atoms with Crippen molar-refractivity contribution in [1.82, 2.24) is 8.61 Å². The van der Waals surface area contributed by atoms with Crippen molar-refractivity contribution in [1.29, 1.82) is 0 Å². The van der Waals surface area contributed by atoms with Crippen LogP contribution < -0.4 is 0 Å². The normalized spacial score (nSPS) is 30.6. The van der Waals surface area contributed by atoms with Gasteiger partial charge in [-0.1, -0.05) is 13.8 Å². The van der Waals surface area contributed by atoms with Gasteiger partial charge in [-0.2, -0.15) is 17.0 Å². The SMILES string of the molecule is COC(=O)C1CN(S(=O)(=O)N2CCC(C)CC2)CC1C. The smallest absolute Gasteiger partial charge is 0.310 e. The van der Waals surface area contributed by atoms with E-state index in [9.17, 15) is 13.2 Å². The Morgan fingerprint density at radius 1 is 1.10 bits per heavy atom. The third-order valence-electron chi connectivity index (χ3n) is 4.48. The van der Waals surface area contributed by atoms with E-state index in [-0.39, 0.29) is 24.3 Å². The minimum atomic E-state index is -3.43.